The van der Waals surface area contributed by atoms with Gasteiger partial charge in [0.15, 0.2) is 0 Å². The van der Waals surface area contributed by atoms with Crippen molar-refractivity contribution in [3.05, 3.63) is 63.3 Å². The molecule has 2 aromatic rings. The summed E-state index contributed by atoms with van der Waals surface area (Å²) in [6, 6.07) is 9.60. The standard InChI is InChI=1S/C18H18ClN3O4/c19-15-9-4-12(11-16(15)22(24)25)18(23)21-13-5-7-14(8-6-13)26-17-3-1-2-10-20-17/h1-4,9-11,13-14H,5-8H2,(H,21,23). The van der Waals surface area contributed by atoms with Crippen molar-refractivity contribution in [2.75, 3.05) is 0 Å². The predicted molar refractivity (Wildman–Crippen MR) is 96.5 cm³/mol. The Balaban J connectivity index is 1.53. The zero-order valence-corrected chi connectivity index (χ0v) is 14.7. The number of rotatable bonds is 5. The Hall–Kier alpha value is -2.67. The smallest absolute Gasteiger partial charge is 0.288 e. The number of nitro groups is 1. The van der Waals surface area contributed by atoms with Crippen LogP contribution in [0.15, 0.2) is 42.6 Å². The van der Waals surface area contributed by atoms with Crippen LogP contribution >= 0.6 is 11.6 Å². The second kappa shape index (κ2) is 8.14. The van der Waals surface area contributed by atoms with Gasteiger partial charge in [-0.25, -0.2) is 4.98 Å². The lowest BCUT2D eigenvalue weighted by Gasteiger charge is -2.29. The minimum atomic E-state index is -0.598. The zero-order chi connectivity index (χ0) is 18.5. The molecule has 8 heteroatoms. The Bertz CT molecular complexity index is 792. The molecule has 136 valence electrons. The second-order valence-corrected chi connectivity index (χ2v) is 6.56. The number of carbonyl (C=O) groups excluding carboxylic acids is 1. The van der Waals surface area contributed by atoms with Crippen LogP contribution in [0, 0.1) is 10.1 Å². The first kappa shape index (κ1) is 18.1. The maximum absolute atomic E-state index is 12.4. The summed E-state index contributed by atoms with van der Waals surface area (Å²) in [7, 11) is 0. The van der Waals surface area contributed by atoms with Crippen molar-refractivity contribution in [1.82, 2.24) is 10.3 Å². The number of halogens is 1. The third kappa shape index (κ3) is 4.49. The number of pyridine rings is 1. The van der Waals surface area contributed by atoms with Gasteiger partial charge in [-0.3, -0.25) is 14.9 Å². The third-order valence-electron chi connectivity index (χ3n) is 4.34. The fourth-order valence-corrected chi connectivity index (χ4v) is 3.16. The lowest BCUT2D eigenvalue weighted by Crippen LogP contribution is -2.39. The Kier molecular flexibility index (Phi) is 5.68. The first-order chi connectivity index (χ1) is 12.5. The van der Waals surface area contributed by atoms with Crippen LogP contribution in [0.2, 0.25) is 5.02 Å². The summed E-state index contributed by atoms with van der Waals surface area (Å²) in [5.41, 5.74) is -0.0419. The zero-order valence-electron chi connectivity index (χ0n) is 13.9. The molecule has 1 aromatic heterocycles. The van der Waals surface area contributed by atoms with Crippen LogP contribution in [0.1, 0.15) is 36.0 Å². The number of hydrogen-bond acceptors (Lipinski definition) is 5. The summed E-state index contributed by atoms with van der Waals surface area (Å²) in [4.78, 5) is 26.9. The first-order valence-corrected chi connectivity index (χ1v) is 8.73. The van der Waals surface area contributed by atoms with Gasteiger partial charge in [-0.1, -0.05) is 17.7 Å². The molecule has 26 heavy (non-hydrogen) atoms. The molecular weight excluding hydrogens is 358 g/mol. The van der Waals surface area contributed by atoms with Crippen LogP contribution in [0.3, 0.4) is 0 Å². The Morgan fingerprint density at radius 3 is 2.65 bits per heavy atom. The van der Waals surface area contributed by atoms with Crippen molar-refractivity contribution in [1.29, 1.82) is 0 Å². The summed E-state index contributed by atoms with van der Waals surface area (Å²) in [5, 5.41) is 13.9. The lowest BCUT2D eigenvalue weighted by molar-refractivity contribution is -0.384. The van der Waals surface area contributed by atoms with Crippen LogP contribution in [-0.4, -0.2) is 28.0 Å². The van der Waals surface area contributed by atoms with Gasteiger partial charge in [0.05, 0.1) is 4.92 Å². The summed E-state index contributed by atoms with van der Waals surface area (Å²) in [6.07, 6.45) is 4.93. The normalized spacial score (nSPS) is 19.6. The van der Waals surface area contributed by atoms with E-state index in [1.54, 1.807) is 6.20 Å². The SMILES string of the molecule is O=C(NC1CCC(Oc2ccccn2)CC1)c1ccc(Cl)c([N+](=O)[O-])c1. The number of nitrogens with zero attached hydrogens (tertiary/aromatic N) is 2. The molecule has 1 heterocycles. The van der Waals surface area contributed by atoms with Crippen LogP contribution < -0.4 is 10.1 Å². The molecule has 0 bridgehead atoms. The number of nitro benzene ring substituents is 1. The molecule has 1 aliphatic rings. The van der Waals surface area contributed by atoms with E-state index in [1.807, 2.05) is 18.2 Å². The molecule has 1 N–H and O–H groups in total. The highest BCUT2D eigenvalue weighted by atomic mass is 35.5. The Morgan fingerprint density at radius 1 is 1.23 bits per heavy atom. The number of amides is 1. The minimum Gasteiger partial charge on any atom is -0.474 e. The van der Waals surface area contributed by atoms with E-state index in [0.717, 1.165) is 25.7 Å². The predicted octanol–water partition coefficient (Wildman–Crippen LogP) is 3.76. The van der Waals surface area contributed by atoms with Crippen molar-refractivity contribution < 1.29 is 14.5 Å². The van der Waals surface area contributed by atoms with Gasteiger partial charge >= 0.3 is 0 Å². The summed E-state index contributed by atoms with van der Waals surface area (Å²) >= 11 is 5.78. The second-order valence-electron chi connectivity index (χ2n) is 6.16. The number of nitrogens with one attached hydrogen (secondary N) is 1. The molecular formula is C18H18ClN3O4. The average molecular weight is 376 g/mol. The molecule has 0 aliphatic heterocycles. The first-order valence-electron chi connectivity index (χ1n) is 8.35. The van der Waals surface area contributed by atoms with Gasteiger partial charge in [-0.05, 0) is 43.9 Å². The van der Waals surface area contributed by atoms with Crippen molar-refractivity contribution in [3.63, 3.8) is 0 Å². The van der Waals surface area contributed by atoms with E-state index >= 15 is 0 Å². The monoisotopic (exact) mass is 375 g/mol. The van der Waals surface area contributed by atoms with Crippen molar-refractivity contribution in [2.24, 2.45) is 0 Å². The van der Waals surface area contributed by atoms with E-state index in [4.69, 9.17) is 16.3 Å². The molecule has 7 nitrogen and oxygen atoms in total. The van der Waals surface area contributed by atoms with Gasteiger partial charge in [-0.15, -0.1) is 0 Å². The van der Waals surface area contributed by atoms with Gasteiger partial charge in [0.25, 0.3) is 11.6 Å². The molecule has 0 spiro atoms. The highest BCUT2D eigenvalue weighted by Crippen LogP contribution is 2.26. The molecule has 1 aromatic carbocycles. The van der Waals surface area contributed by atoms with E-state index in [2.05, 4.69) is 10.3 Å². The number of aromatic nitrogens is 1. The van der Waals surface area contributed by atoms with Crippen molar-refractivity contribution in [3.8, 4) is 5.88 Å². The highest BCUT2D eigenvalue weighted by Gasteiger charge is 2.25. The van der Waals surface area contributed by atoms with Gasteiger partial charge in [0.1, 0.15) is 11.1 Å². The largest absolute Gasteiger partial charge is 0.474 e. The minimum absolute atomic E-state index is 0.0127. The van der Waals surface area contributed by atoms with Crippen LogP contribution in [0.25, 0.3) is 0 Å². The van der Waals surface area contributed by atoms with Gasteiger partial charge < -0.3 is 10.1 Å². The molecule has 1 fully saturated rings. The maximum atomic E-state index is 12.4. The van der Waals surface area contributed by atoms with Crippen molar-refractivity contribution in [2.45, 2.75) is 37.8 Å². The molecule has 0 atom stereocenters. The maximum Gasteiger partial charge on any atom is 0.288 e. The highest BCUT2D eigenvalue weighted by molar-refractivity contribution is 6.32. The lowest BCUT2D eigenvalue weighted by atomic mass is 9.92. The van der Waals surface area contributed by atoms with E-state index in [-0.39, 0.29) is 34.3 Å². The van der Waals surface area contributed by atoms with Crippen molar-refractivity contribution >= 4 is 23.2 Å². The molecule has 0 saturated heterocycles. The fraction of sp³-hybridized carbons (Fsp3) is 0.333. The third-order valence-corrected chi connectivity index (χ3v) is 4.66. The topological polar surface area (TPSA) is 94.4 Å². The molecule has 0 unspecified atom stereocenters. The Morgan fingerprint density at radius 2 is 2.00 bits per heavy atom. The van der Waals surface area contributed by atoms with Gasteiger partial charge in [0.2, 0.25) is 5.88 Å². The molecule has 1 aliphatic carbocycles. The number of hydrogen-bond donors (Lipinski definition) is 1. The summed E-state index contributed by atoms with van der Waals surface area (Å²) < 4.78 is 5.84. The van der Waals surface area contributed by atoms with Crippen LogP contribution in [-0.2, 0) is 0 Å². The van der Waals surface area contributed by atoms with Gasteiger partial charge in [0, 0.05) is 29.9 Å². The summed E-state index contributed by atoms with van der Waals surface area (Å²) in [6.45, 7) is 0. The van der Waals surface area contributed by atoms with E-state index in [0.29, 0.717) is 5.88 Å². The molecule has 1 saturated carbocycles. The summed E-state index contributed by atoms with van der Waals surface area (Å²) in [5.74, 6) is 0.271. The van der Waals surface area contributed by atoms with Gasteiger partial charge in [-0.2, -0.15) is 0 Å². The molecule has 3 rings (SSSR count). The molecule has 1 amide bonds. The van der Waals surface area contributed by atoms with Crippen LogP contribution in [0.5, 0.6) is 5.88 Å². The number of carbonyl (C=O) groups is 1. The van der Waals surface area contributed by atoms with E-state index in [9.17, 15) is 14.9 Å². The van der Waals surface area contributed by atoms with E-state index < -0.39 is 4.92 Å². The number of benzene rings is 1. The van der Waals surface area contributed by atoms with E-state index in [1.165, 1.54) is 18.2 Å². The average Bonchev–Trinajstić information content (AvgIpc) is 2.64. The van der Waals surface area contributed by atoms with Crippen LogP contribution in [0.4, 0.5) is 5.69 Å². The number of ether oxygens (including phenoxy) is 1. The fourth-order valence-electron chi connectivity index (χ4n) is 2.98. The molecule has 0 radical (unpaired) electrons. The quantitative estimate of drug-likeness (QED) is 0.634. The Labute approximate surface area is 155 Å².